The molecular weight excluding hydrogens is 245 g/mol. The monoisotopic (exact) mass is 256 g/mol. The van der Waals surface area contributed by atoms with Gasteiger partial charge in [0.2, 0.25) is 0 Å². The molecule has 0 aliphatic carbocycles. The standard InChI is InChI=1S/C11H11F3N4/c12-11(13,14)8-15-6-10-7-16-17-18(10)9-4-2-1-3-5-9/h1-5,7,15H,6,8H2. The lowest BCUT2D eigenvalue weighted by Gasteiger charge is -2.09. The van der Waals surface area contributed by atoms with Crippen LogP contribution in [0.3, 0.4) is 0 Å². The highest BCUT2D eigenvalue weighted by molar-refractivity contribution is 5.31. The van der Waals surface area contributed by atoms with Crippen LogP contribution < -0.4 is 5.32 Å². The van der Waals surface area contributed by atoms with Gasteiger partial charge in [0, 0.05) is 6.54 Å². The summed E-state index contributed by atoms with van der Waals surface area (Å²) in [5, 5.41) is 9.86. The van der Waals surface area contributed by atoms with E-state index in [1.165, 1.54) is 10.9 Å². The molecule has 1 aromatic carbocycles. The van der Waals surface area contributed by atoms with Gasteiger partial charge in [0.05, 0.1) is 24.1 Å². The zero-order chi connectivity index (χ0) is 13.0. The number of rotatable bonds is 4. The van der Waals surface area contributed by atoms with Gasteiger partial charge in [-0.05, 0) is 12.1 Å². The third-order valence-electron chi connectivity index (χ3n) is 2.25. The van der Waals surface area contributed by atoms with E-state index in [9.17, 15) is 13.2 Å². The van der Waals surface area contributed by atoms with Crippen LogP contribution in [0.15, 0.2) is 36.5 Å². The van der Waals surface area contributed by atoms with Crippen LogP contribution in [0, 0.1) is 0 Å². The Labute approximate surface area is 101 Å². The maximum atomic E-state index is 12.0. The van der Waals surface area contributed by atoms with Crippen LogP contribution in [0.1, 0.15) is 5.69 Å². The Hall–Kier alpha value is -1.89. The lowest BCUT2D eigenvalue weighted by atomic mass is 10.3. The highest BCUT2D eigenvalue weighted by Gasteiger charge is 2.26. The van der Waals surface area contributed by atoms with Crippen molar-refractivity contribution >= 4 is 0 Å². The minimum Gasteiger partial charge on any atom is -0.303 e. The molecule has 18 heavy (non-hydrogen) atoms. The largest absolute Gasteiger partial charge is 0.401 e. The smallest absolute Gasteiger partial charge is 0.303 e. The number of halogens is 3. The van der Waals surface area contributed by atoms with Gasteiger partial charge < -0.3 is 5.32 Å². The van der Waals surface area contributed by atoms with Crippen molar-refractivity contribution in [3.8, 4) is 5.69 Å². The van der Waals surface area contributed by atoms with Gasteiger partial charge in [0.1, 0.15) is 0 Å². The van der Waals surface area contributed by atoms with Crippen molar-refractivity contribution in [3.63, 3.8) is 0 Å². The van der Waals surface area contributed by atoms with E-state index in [1.54, 1.807) is 0 Å². The third kappa shape index (κ3) is 3.30. The van der Waals surface area contributed by atoms with Crippen LogP contribution in [-0.2, 0) is 6.54 Å². The van der Waals surface area contributed by atoms with E-state index < -0.39 is 12.7 Å². The van der Waals surface area contributed by atoms with Crippen molar-refractivity contribution in [1.29, 1.82) is 0 Å². The number of benzene rings is 1. The number of alkyl halides is 3. The fourth-order valence-electron chi connectivity index (χ4n) is 1.50. The summed E-state index contributed by atoms with van der Waals surface area (Å²) in [6, 6.07) is 9.11. The molecule has 2 rings (SSSR count). The lowest BCUT2D eigenvalue weighted by Crippen LogP contribution is -2.29. The molecule has 1 heterocycles. The molecule has 0 saturated carbocycles. The average molecular weight is 256 g/mol. The first-order chi connectivity index (χ1) is 8.56. The summed E-state index contributed by atoms with van der Waals surface area (Å²) in [6.45, 7) is -0.978. The number of hydrogen-bond donors (Lipinski definition) is 1. The van der Waals surface area contributed by atoms with Crippen molar-refractivity contribution in [2.24, 2.45) is 0 Å². The first kappa shape index (κ1) is 12.6. The van der Waals surface area contributed by atoms with E-state index in [0.29, 0.717) is 5.69 Å². The van der Waals surface area contributed by atoms with E-state index in [-0.39, 0.29) is 6.54 Å². The molecule has 0 atom stereocenters. The van der Waals surface area contributed by atoms with Gasteiger partial charge in [-0.1, -0.05) is 23.4 Å². The fourth-order valence-corrected chi connectivity index (χ4v) is 1.50. The van der Waals surface area contributed by atoms with Gasteiger partial charge in [-0.15, -0.1) is 5.10 Å². The Bertz CT molecular complexity index is 492. The quantitative estimate of drug-likeness (QED) is 0.908. The fraction of sp³-hybridized carbons (Fsp3) is 0.273. The topological polar surface area (TPSA) is 42.7 Å². The third-order valence-corrected chi connectivity index (χ3v) is 2.25. The van der Waals surface area contributed by atoms with Crippen LogP contribution in [0.25, 0.3) is 5.69 Å². The van der Waals surface area contributed by atoms with Gasteiger partial charge in [0.15, 0.2) is 0 Å². The second kappa shape index (κ2) is 5.18. The molecule has 0 radical (unpaired) electrons. The number of nitrogens with zero attached hydrogens (tertiary/aromatic N) is 3. The van der Waals surface area contributed by atoms with Crippen LogP contribution >= 0.6 is 0 Å². The van der Waals surface area contributed by atoms with Gasteiger partial charge in [0.25, 0.3) is 0 Å². The Morgan fingerprint density at radius 3 is 2.56 bits per heavy atom. The Morgan fingerprint density at radius 1 is 1.17 bits per heavy atom. The second-order valence-corrected chi connectivity index (χ2v) is 3.69. The minimum absolute atomic E-state index is 0.0569. The molecule has 4 nitrogen and oxygen atoms in total. The first-order valence-corrected chi connectivity index (χ1v) is 5.29. The highest BCUT2D eigenvalue weighted by Crippen LogP contribution is 2.13. The molecule has 1 aromatic heterocycles. The molecule has 1 N–H and O–H groups in total. The van der Waals surface area contributed by atoms with E-state index >= 15 is 0 Å². The molecule has 0 fully saturated rings. The molecule has 96 valence electrons. The molecule has 0 aliphatic heterocycles. The summed E-state index contributed by atoms with van der Waals surface area (Å²) >= 11 is 0. The van der Waals surface area contributed by atoms with Crippen molar-refractivity contribution in [1.82, 2.24) is 20.3 Å². The summed E-state index contributed by atoms with van der Waals surface area (Å²) in [5.41, 5.74) is 1.34. The minimum atomic E-state index is -4.22. The van der Waals surface area contributed by atoms with Gasteiger partial charge in [-0.2, -0.15) is 13.2 Å². The Balaban J connectivity index is 2.05. The molecule has 0 unspecified atom stereocenters. The molecule has 0 spiro atoms. The number of para-hydroxylation sites is 1. The van der Waals surface area contributed by atoms with Crippen LogP contribution in [0.2, 0.25) is 0 Å². The molecule has 2 aromatic rings. The normalized spacial score (nSPS) is 11.7. The second-order valence-electron chi connectivity index (χ2n) is 3.69. The number of aromatic nitrogens is 3. The van der Waals surface area contributed by atoms with E-state index in [2.05, 4.69) is 15.6 Å². The molecule has 0 saturated heterocycles. The van der Waals surface area contributed by atoms with E-state index in [4.69, 9.17) is 0 Å². The van der Waals surface area contributed by atoms with Crippen LogP contribution in [0.4, 0.5) is 13.2 Å². The van der Waals surface area contributed by atoms with Gasteiger partial charge in [-0.3, -0.25) is 0 Å². The van der Waals surface area contributed by atoms with E-state index in [1.807, 2.05) is 30.3 Å². The van der Waals surface area contributed by atoms with Crippen molar-refractivity contribution in [3.05, 3.63) is 42.2 Å². The maximum Gasteiger partial charge on any atom is 0.401 e. The summed E-state index contributed by atoms with van der Waals surface area (Å²) in [7, 11) is 0. The van der Waals surface area contributed by atoms with E-state index in [0.717, 1.165) is 5.69 Å². The predicted octanol–water partition coefficient (Wildman–Crippen LogP) is 1.92. The molecule has 0 bridgehead atoms. The number of hydrogen-bond acceptors (Lipinski definition) is 3. The lowest BCUT2D eigenvalue weighted by molar-refractivity contribution is -0.125. The van der Waals surface area contributed by atoms with Crippen LogP contribution in [0.5, 0.6) is 0 Å². The zero-order valence-electron chi connectivity index (χ0n) is 9.35. The molecular formula is C11H11F3N4. The van der Waals surface area contributed by atoms with Crippen molar-refractivity contribution in [2.75, 3.05) is 6.54 Å². The summed E-state index contributed by atoms with van der Waals surface area (Å²) in [4.78, 5) is 0. The Morgan fingerprint density at radius 2 is 1.89 bits per heavy atom. The van der Waals surface area contributed by atoms with Gasteiger partial charge in [-0.25, -0.2) is 4.68 Å². The molecule has 0 aliphatic rings. The Kier molecular flexibility index (Phi) is 3.61. The molecule has 0 amide bonds. The average Bonchev–Trinajstić information content (AvgIpc) is 2.77. The predicted molar refractivity (Wildman–Crippen MR) is 59.1 cm³/mol. The highest BCUT2D eigenvalue weighted by atomic mass is 19.4. The van der Waals surface area contributed by atoms with Crippen molar-refractivity contribution < 1.29 is 13.2 Å². The summed E-state index contributed by atoms with van der Waals surface area (Å²) in [5.74, 6) is 0. The SMILES string of the molecule is FC(F)(F)CNCc1cnnn1-c1ccccc1. The van der Waals surface area contributed by atoms with Crippen LogP contribution in [-0.4, -0.2) is 27.7 Å². The summed E-state index contributed by atoms with van der Waals surface area (Å²) < 4.78 is 37.5. The zero-order valence-corrected chi connectivity index (χ0v) is 9.35. The van der Waals surface area contributed by atoms with Gasteiger partial charge >= 0.3 is 6.18 Å². The first-order valence-electron chi connectivity index (χ1n) is 5.29. The molecule has 7 heteroatoms. The summed E-state index contributed by atoms with van der Waals surface area (Å²) in [6.07, 6.45) is -2.78. The van der Waals surface area contributed by atoms with Crippen molar-refractivity contribution in [2.45, 2.75) is 12.7 Å². The maximum absolute atomic E-state index is 12.0. The number of nitrogens with one attached hydrogen (secondary N) is 1.